The van der Waals surface area contributed by atoms with Crippen molar-refractivity contribution in [2.75, 3.05) is 0 Å². The Bertz CT molecular complexity index is 699. The van der Waals surface area contributed by atoms with Crippen LogP contribution in [0.1, 0.15) is 33.3 Å². The monoisotopic (exact) mass is 262 g/mol. The summed E-state index contributed by atoms with van der Waals surface area (Å²) in [7, 11) is 0. The molecule has 0 heteroatoms. The van der Waals surface area contributed by atoms with Crippen LogP contribution in [-0.2, 0) is 6.42 Å². The van der Waals surface area contributed by atoms with Crippen LogP contribution in [0, 0.1) is 5.92 Å². The highest BCUT2D eigenvalue weighted by atomic mass is 14.3. The van der Waals surface area contributed by atoms with Crippen LogP contribution in [0.15, 0.2) is 64.8 Å². The molecule has 0 aromatic heterocycles. The Morgan fingerprint density at radius 2 is 1.35 bits per heavy atom. The first-order chi connectivity index (χ1) is 9.59. The molecular weight excluding hydrogens is 240 g/mol. The first-order valence-electron chi connectivity index (χ1n) is 7.41. The van der Waals surface area contributed by atoms with E-state index >= 15 is 0 Å². The molecule has 102 valence electrons. The zero-order valence-electron chi connectivity index (χ0n) is 12.8. The van der Waals surface area contributed by atoms with E-state index in [1.165, 1.54) is 27.5 Å². The van der Waals surface area contributed by atoms with Crippen LogP contribution >= 0.6 is 0 Å². The second kappa shape index (κ2) is 4.94. The minimum absolute atomic E-state index is 0.584. The third-order valence-electron chi connectivity index (χ3n) is 5.09. The lowest BCUT2D eigenvalue weighted by Gasteiger charge is -2.16. The topological polar surface area (TPSA) is 0 Å². The zero-order valence-corrected chi connectivity index (χ0v) is 12.8. The predicted octanol–water partition coefficient (Wildman–Crippen LogP) is 5.68. The number of rotatable bonds is 2. The summed E-state index contributed by atoms with van der Waals surface area (Å²) >= 11 is 0. The summed E-state index contributed by atoms with van der Waals surface area (Å²) in [6.07, 6.45) is 1.12. The van der Waals surface area contributed by atoms with E-state index < -0.39 is 0 Å². The molecule has 0 spiro atoms. The average molecular weight is 262 g/mol. The Morgan fingerprint density at radius 3 is 2.05 bits per heavy atom. The highest BCUT2D eigenvalue weighted by molar-refractivity contribution is 5.85. The van der Waals surface area contributed by atoms with Crippen molar-refractivity contribution >= 4 is 10.8 Å². The Hall–Kier alpha value is -1.82. The average Bonchev–Trinajstić information content (AvgIpc) is 2.65. The summed E-state index contributed by atoms with van der Waals surface area (Å²) in [6, 6.07) is 15.4. The Kier molecular flexibility index (Phi) is 3.25. The van der Waals surface area contributed by atoms with Gasteiger partial charge in [-0.15, -0.1) is 0 Å². The molecule has 0 amide bonds. The summed E-state index contributed by atoms with van der Waals surface area (Å²) in [5, 5.41) is 2.75. The lowest BCUT2D eigenvalue weighted by molar-refractivity contribution is 0.721. The maximum atomic E-state index is 2.30. The van der Waals surface area contributed by atoms with Gasteiger partial charge in [0.15, 0.2) is 0 Å². The standard InChI is InChI=1S/C20H22/c1-13-14(2)16(4)20(15(13)3)12-18-10-7-9-17-8-5-6-11-19(17)18/h5-11,20H,12H2,1-4H3. The summed E-state index contributed by atoms with van der Waals surface area (Å²) in [6.45, 7) is 9.12. The van der Waals surface area contributed by atoms with Gasteiger partial charge in [0.05, 0.1) is 0 Å². The van der Waals surface area contributed by atoms with Crippen molar-refractivity contribution < 1.29 is 0 Å². The van der Waals surface area contributed by atoms with Crippen molar-refractivity contribution in [3.8, 4) is 0 Å². The molecule has 0 fully saturated rings. The minimum atomic E-state index is 0.584. The third-order valence-corrected chi connectivity index (χ3v) is 5.09. The van der Waals surface area contributed by atoms with E-state index in [1.54, 1.807) is 11.1 Å². The molecule has 2 aromatic rings. The van der Waals surface area contributed by atoms with Crippen molar-refractivity contribution in [3.63, 3.8) is 0 Å². The number of hydrogen-bond acceptors (Lipinski definition) is 0. The van der Waals surface area contributed by atoms with Gasteiger partial charge in [0.1, 0.15) is 0 Å². The first kappa shape index (κ1) is 13.2. The summed E-state index contributed by atoms with van der Waals surface area (Å²) in [5.41, 5.74) is 7.55. The molecule has 1 aliphatic rings. The molecule has 0 N–H and O–H groups in total. The third kappa shape index (κ3) is 2.00. The van der Waals surface area contributed by atoms with Gasteiger partial charge in [0, 0.05) is 5.92 Å². The van der Waals surface area contributed by atoms with Crippen molar-refractivity contribution in [2.24, 2.45) is 5.92 Å². The molecule has 2 aromatic carbocycles. The van der Waals surface area contributed by atoms with E-state index in [1.807, 2.05) is 0 Å². The van der Waals surface area contributed by atoms with Crippen LogP contribution < -0.4 is 0 Å². The van der Waals surface area contributed by atoms with Crippen LogP contribution in [0.5, 0.6) is 0 Å². The molecule has 0 nitrogen and oxygen atoms in total. The van der Waals surface area contributed by atoms with Crippen LogP contribution in [0.3, 0.4) is 0 Å². The quantitative estimate of drug-likeness (QED) is 0.652. The molecule has 1 aliphatic carbocycles. The fraction of sp³-hybridized carbons (Fsp3) is 0.300. The number of allylic oxidation sites excluding steroid dienone is 4. The van der Waals surface area contributed by atoms with Gasteiger partial charge in [-0.1, -0.05) is 53.6 Å². The van der Waals surface area contributed by atoms with Crippen LogP contribution in [-0.4, -0.2) is 0 Å². The summed E-state index contributed by atoms with van der Waals surface area (Å²) in [5.74, 6) is 0.584. The minimum Gasteiger partial charge on any atom is -0.0626 e. The van der Waals surface area contributed by atoms with Gasteiger partial charge in [-0.05, 0) is 61.6 Å². The van der Waals surface area contributed by atoms with Gasteiger partial charge in [-0.2, -0.15) is 0 Å². The van der Waals surface area contributed by atoms with E-state index in [0.29, 0.717) is 5.92 Å². The summed E-state index contributed by atoms with van der Waals surface area (Å²) < 4.78 is 0. The van der Waals surface area contributed by atoms with Crippen LogP contribution in [0.4, 0.5) is 0 Å². The second-order valence-electron chi connectivity index (χ2n) is 6.01. The maximum absolute atomic E-state index is 2.30. The number of hydrogen-bond donors (Lipinski definition) is 0. The zero-order chi connectivity index (χ0) is 14.3. The second-order valence-corrected chi connectivity index (χ2v) is 6.01. The Balaban J connectivity index is 2.03. The van der Waals surface area contributed by atoms with Gasteiger partial charge in [-0.3, -0.25) is 0 Å². The van der Waals surface area contributed by atoms with Crippen molar-refractivity contribution in [1.82, 2.24) is 0 Å². The SMILES string of the molecule is CC1=C(C)C(Cc2cccc3ccccc23)C(C)=C1C. The summed E-state index contributed by atoms with van der Waals surface area (Å²) in [4.78, 5) is 0. The van der Waals surface area contributed by atoms with Crippen LogP contribution in [0.2, 0.25) is 0 Å². The highest BCUT2D eigenvalue weighted by Crippen LogP contribution is 2.39. The Labute approximate surface area is 121 Å². The van der Waals surface area contributed by atoms with E-state index in [9.17, 15) is 0 Å². The molecule has 20 heavy (non-hydrogen) atoms. The van der Waals surface area contributed by atoms with E-state index in [-0.39, 0.29) is 0 Å². The van der Waals surface area contributed by atoms with Gasteiger partial charge in [0.25, 0.3) is 0 Å². The fourth-order valence-corrected chi connectivity index (χ4v) is 3.44. The predicted molar refractivity (Wildman–Crippen MR) is 87.9 cm³/mol. The van der Waals surface area contributed by atoms with Crippen LogP contribution in [0.25, 0.3) is 10.8 Å². The van der Waals surface area contributed by atoms with Gasteiger partial charge < -0.3 is 0 Å². The fourth-order valence-electron chi connectivity index (χ4n) is 3.44. The van der Waals surface area contributed by atoms with E-state index in [2.05, 4.69) is 70.2 Å². The first-order valence-corrected chi connectivity index (χ1v) is 7.41. The molecule has 0 aliphatic heterocycles. The van der Waals surface area contributed by atoms with Gasteiger partial charge in [-0.25, -0.2) is 0 Å². The molecule has 0 atom stereocenters. The van der Waals surface area contributed by atoms with E-state index in [4.69, 9.17) is 0 Å². The number of fused-ring (bicyclic) bond motifs is 1. The van der Waals surface area contributed by atoms with E-state index in [0.717, 1.165) is 6.42 Å². The molecule has 0 heterocycles. The van der Waals surface area contributed by atoms with Crippen molar-refractivity contribution in [3.05, 3.63) is 70.3 Å². The largest absolute Gasteiger partial charge is 0.0626 e. The van der Waals surface area contributed by atoms with Crippen molar-refractivity contribution in [2.45, 2.75) is 34.1 Å². The Morgan fingerprint density at radius 1 is 0.750 bits per heavy atom. The molecule has 0 saturated carbocycles. The van der Waals surface area contributed by atoms with Crippen molar-refractivity contribution in [1.29, 1.82) is 0 Å². The molecule has 0 bridgehead atoms. The van der Waals surface area contributed by atoms with Gasteiger partial charge in [0.2, 0.25) is 0 Å². The molecule has 0 saturated heterocycles. The lowest BCUT2D eigenvalue weighted by Crippen LogP contribution is -2.05. The smallest absolute Gasteiger partial charge is 0.00537 e. The molecule has 3 rings (SSSR count). The normalized spacial score (nSPS) is 16.6. The molecule has 0 unspecified atom stereocenters. The van der Waals surface area contributed by atoms with Gasteiger partial charge >= 0.3 is 0 Å². The molecular formula is C20H22. The molecule has 0 radical (unpaired) electrons. The number of benzene rings is 2. The highest BCUT2D eigenvalue weighted by Gasteiger charge is 2.24. The lowest BCUT2D eigenvalue weighted by atomic mass is 9.88. The maximum Gasteiger partial charge on any atom is 0.00537 e.